The summed E-state index contributed by atoms with van der Waals surface area (Å²) >= 11 is 1.28. The lowest BCUT2D eigenvalue weighted by atomic mass is 10.2. The van der Waals surface area contributed by atoms with Gasteiger partial charge in [-0.1, -0.05) is 41.7 Å². The van der Waals surface area contributed by atoms with Crippen molar-refractivity contribution in [1.29, 1.82) is 0 Å². The molecule has 0 aliphatic rings. The maximum absolute atomic E-state index is 12.6. The Labute approximate surface area is 124 Å². The van der Waals surface area contributed by atoms with Crippen LogP contribution in [0.2, 0.25) is 0 Å². The predicted molar refractivity (Wildman–Crippen MR) is 83.5 cm³/mol. The van der Waals surface area contributed by atoms with Gasteiger partial charge in [-0.2, -0.15) is 0 Å². The maximum Gasteiger partial charge on any atom is 0.329 e. The predicted octanol–water partition coefficient (Wildman–Crippen LogP) is 2.12. The van der Waals surface area contributed by atoms with Gasteiger partial charge in [0.1, 0.15) is 4.83 Å². The van der Waals surface area contributed by atoms with Crippen LogP contribution in [0.3, 0.4) is 0 Å². The average molecular weight is 302 g/mol. The molecule has 0 saturated carbocycles. The lowest BCUT2D eigenvalue weighted by Gasteiger charge is -2.05. The zero-order chi connectivity index (χ0) is 15.0. The van der Waals surface area contributed by atoms with Crippen LogP contribution in [0.15, 0.2) is 39.9 Å². The second kappa shape index (κ2) is 5.21. The first kappa shape index (κ1) is 13.6. The number of hydrogen-bond acceptors (Lipinski definition) is 4. The normalized spacial score (nSPS) is 11.0. The summed E-state index contributed by atoms with van der Waals surface area (Å²) in [4.78, 5) is 28.1. The summed E-state index contributed by atoms with van der Waals surface area (Å²) in [5, 5.41) is 1.17. The van der Waals surface area contributed by atoms with Crippen molar-refractivity contribution in [3.8, 4) is 5.06 Å². The van der Waals surface area contributed by atoms with Gasteiger partial charge < -0.3 is 4.74 Å². The molecule has 0 atom stereocenters. The highest BCUT2D eigenvalue weighted by Crippen LogP contribution is 2.32. The molecule has 1 N–H and O–H groups in total. The monoisotopic (exact) mass is 302 g/mol. The van der Waals surface area contributed by atoms with E-state index in [2.05, 4.69) is 4.98 Å². The van der Waals surface area contributed by atoms with Crippen LogP contribution in [0.4, 0.5) is 0 Å². The molecule has 3 rings (SSSR count). The van der Waals surface area contributed by atoms with Crippen LogP contribution in [0.25, 0.3) is 10.2 Å². The fraction of sp³-hybridized carbons (Fsp3) is 0.200. The highest BCUT2D eigenvalue weighted by Gasteiger charge is 2.16. The van der Waals surface area contributed by atoms with E-state index in [1.807, 2.05) is 37.3 Å². The average Bonchev–Trinajstić information content (AvgIpc) is 2.80. The van der Waals surface area contributed by atoms with Crippen LogP contribution in [-0.2, 0) is 6.54 Å². The molecule has 6 heteroatoms. The Bertz CT molecular complexity index is 906. The lowest BCUT2D eigenvalue weighted by molar-refractivity contribution is 0.425. The Morgan fingerprint density at radius 2 is 1.95 bits per heavy atom. The van der Waals surface area contributed by atoms with Gasteiger partial charge >= 0.3 is 5.69 Å². The number of nitrogens with zero attached hydrogens (tertiary/aromatic N) is 1. The Balaban J connectivity index is 2.22. The molecule has 0 fully saturated rings. The Morgan fingerprint density at radius 3 is 2.62 bits per heavy atom. The minimum atomic E-state index is -0.403. The number of rotatable bonds is 3. The first-order valence-corrected chi connectivity index (χ1v) is 7.27. The number of fused-ring (bicyclic) bond motifs is 1. The highest BCUT2D eigenvalue weighted by atomic mass is 32.1. The molecule has 3 aromatic rings. The van der Waals surface area contributed by atoms with E-state index in [0.29, 0.717) is 15.3 Å². The van der Waals surface area contributed by atoms with Gasteiger partial charge in [0, 0.05) is 5.56 Å². The molecule has 0 unspecified atom stereocenters. The van der Waals surface area contributed by atoms with E-state index in [9.17, 15) is 9.59 Å². The summed E-state index contributed by atoms with van der Waals surface area (Å²) in [5.74, 6) is 0. The molecule has 5 nitrogen and oxygen atoms in total. The fourth-order valence-electron chi connectivity index (χ4n) is 2.33. The van der Waals surface area contributed by atoms with Gasteiger partial charge in [0.15, 0.2) is 5.06 Å². The fourth-order valence-corrected chi connectivity index (χ4v) is 3.34. The van der Waals surface area contributed by atoms with Crippen LogP contribution < -0.4 is 16.0 Å². The van der Waals surface area contributed by atoms with Crippen LogP contribution in [0.1, 0.15) is 11.1 Å². The van der Waals surface area contributed by atoms with E-state index in [4.69, 9.17) is 4.74 Å². The Hall–Kier alpha value is -2.34. The van der Waals surface area contributed by atoms with Gasteiger partial charge in [-0.3, -0.25) is 14.3 Å². The second-order valence-corrected chi connectivity index (χ2v) is 5.71. The van der Waals surface area contributed by atoms with Gasteiger partial charge in [0.05, 0.1) is 19.0 Å². The van der Waals surface area contributed by atoms with E-state index in [1.165, 1.54) is 15.9 Å². The Morgan fingerprint density at radius 1 is 1.24 bits per heavy atom. The molecule has 0 bridgehead atoms. The maximum atomic E-state index is 12.6. The molecule has 0 aliphatic heterocycles. The zero-order valence-corrected chi connectivity index (χ0v) is 12.5. The number of benzene rings is 1. The van der Waals surface area contributed by atoms with E-state index in [0.717, 1.165) is 11.1 Å². The largest absolute Gasteiger partial charge is 0.487 e. The summed E-state index contributed by atoms with van der Waals surface area (Å²) in [6, 6.07) is 9.43. The van der Waals surface area contributed by atoms with Crippen molar-refractivity contribution in [2.75, 3.05) is 7.11 Å². The van der Waals surface area contributed by atoms with Crippen molar-refractivity contribution in [2.24, 2.45) is 0 Å². The van der Waals surface area contributed by atoms with Gasteiger partial charge in [0.25, 0.3) is 5.56 Å². The number of nitrogens with one attached hydrogen (secondary N) is 1. The molecule has 108 valence electrons. The van der Waals surface area contributed by atoms with Crippen molar-refractivity contribution in [3.63, 3.8) is 0 Å². The first-order valence-electron chi connectivity index (χ1n) is 6.46. The standard InChI is InChI=1S/C15H14N2O3S/c1-9-11-12(21-14(9)20-2)16-15(19)17(13(11)18)8-10-6-4-3-5-7-10/h3-7H,8H2,1-2H3,(H,16,19). The molecule has 0 aliphatic carbocycles. The van der Waals surface area contributed by atoms with Crippen molar-refractivity contribution in [1.82, 2.24) is 9.55 Å². The van der Waals surface area contributed by atoms with Crippen molar-refractivity contribution >= 4 is 21.6 Å². The lowest BCUT2D eigenvalue weighted by Crippen LogP contribution is -2.35. The van der Waals surface area contributed by atoms with Crippen LogP contribution in [0, 0.1) is 6.92 Å². The molecular formula is C15H14N2O3S. The molecule has 21 heavy (non-hydrogen) atoms. The zero-order valence-electron chi connectivity index (χ0n) is 11.7. The summed E-state index contributed by atoms with van der Waals surface area (Å²) in [6.07, 6.45) is 0. The summed E-state index contributed by atoms with van der Waals surface area (Å²) in [7, 11) is 1.55. The van der Waals surface area contributed by atoms with E-state index < -0.39 is 5.69 Å². The third kappa shape index (κ3) is 2.27. The van der Waals surface area contributed by atoms with Gasteiger partial charge in [-0.15, -0.1) is 0 Å². The SMILES string of the molecule is COc1sc2[nH]c(=O)n(Cc3ccccc3)c(=O)c2c1C. The van der Waals surface area contributed by atoms with E-state index in [1.54, 1.807) is 7.11 Å². The smallest absolute Gasteiger partial charge is 0.329 e. The quantitative estimate of drug-likeness (QED) is 0.806. The highest BCUT2D eigenvalue weighted by molar-refractivity contribution is 7.20. The van der Waals surface area contributed by atoms with E-state index >= 15 is 0 Å². The minimum Gasteiger partial charge on any atom is -0.487 e. The van der Waals surface area contributed by atoms with Crippen LogP contribution >= 0.6 is 11.3 Å². The molecule has 0 saturated heterocycles. The summed E-state index contributed by atoms with van der Waals surface area (Å²) < 4.78 is 6.45. The Kier molecular flexibility index (Phi) is 3.39. The number of methoxy groups -OCH3 is 1. The molecule has 0 spiro atoms. The number of aromatic amines is 1. The van der Waals surface area contributed by atoms with Gasteiger partial charge in [0.2, 0.25) is 0 Å². The van der Waals surface area contributed by atoms with Crippen molar-refractivity contribution < 1.29 is 4.74 Å². The molecule has 0 radical (unpaired) electrons. The summed E-state index contributed by atoms with van der Waals surface area (Å²) in [6.45, 7) is 2.08. The van der Waals surface area contributed by atoms with Gasteiger partial charge in [-0.05, 0) is 12.5 Å². The molecule has 2 heterocycles. The number of hydrogen-bond donors (Lipinski definition) is 1. The van der Waals surface area contributed by atoms with Gasteiger partial charge in [-0.25, -0.2) is 4.79 Å². The number of aromatic nitrogens is 2. The minimum absolute atomic E-state index is 0.253. The third-order valence-corrected chi connectivity index (χ3v) is 4.57. The number of H-pyrrole nitrogens is 1. The number of ether oxygens (including phenoxy) is 1. The van der Waals surface area contributed by atoms with Crippen molar-refractivity contribution in [3.05, 3.63) is 62.3 Å². The van der Waals surface area contributed by atoms with Crippen LogP contribution in [-0.4, -0.2) is 16.7 Å². The summed E-state index contributed by atoms with van der Waals surface area (Å²) in [5.41, 5.74) is 0.986. The molecule has 0 amide bonds. The van der Waals surface area contributed by atoms with Crippen molar-refractivity contribution in [2.45, 2.75) is 13.5 Å². The van der Waals surface area contributed by atoms with Crippen LogP contribution in [0.5, 0.6) is 5.06 Å². The first-order chi connectivity index (χ1) is 10.1. The number of thiophene rings is 1. The molecule has 2 aromatic heterocycles. The number of aryl methyl sites for hydroxylation is 1. The topological polar surface area (TPSA) is 64.1 Å². The molecule has 1 aromatic carbocycles. The van der Waals surface area contributed by atoms with E-state index in [-0.39, 0.29) is 12.1 Å². The second-order valence-electron chi connectivity index (χ2n) is 4.73. The molecular weight excluding hydrogens is 288 g/mol. The third-order valence-electron chi connectivity index (χ3n) is 3.40.